The van der Waals surface area contributed by atoms with Crippen LogP contribution in [-0.4, -0.2) is 36.9 Å². The van der Waals surface area contributed by atoms with E-state index in [-0.39, 0.29) is 0 Å². The molecule has 0 saturated carbocycles. The van der Waals surface area contributed by atoms with Gasteiger partial charge in [-0.05, 0) is 26.2 Å². The summed E-state index contributed by atoms with van der Waals surface area (Å²) in [6.07, 6.45) is 11.9. The van der Waals surface area contributed by atoms with Crippen molar-refractivity contribution in [2.24, 2.45) is 4.99 Å². The molecule has 0 radical (unpaired) electrons. The molecule has 1 aromatic rings. The maximum Gasteiger partial charge on any atom is 0.125 e. The molecule has 1 heterocycles. The van der Waals surface area contributed by atoms with Crippen molar-refractivity contribution in [3.05, 3.63) is 29.8 Å². The van der Waals surface area contributed by atoms with E-state index >= 15 is 0 Å². The number of fused-ring (bicyclic) bond motifs is 1. The molecule has 0 atom stereocenters. The first kappa shape index (κ1) is 13.0. The fraction of sp³-hybridized carbons (Fsp3) is 0.214. The minimum Gasteiger partial charge on any atom is -0.507 e. The Labute approximate surface area is 102 Å². The number of benzene rings is 1. The number of hydrogen-bond donors (Lipinski definition) is 1. The second kappa shape index (κ2) is 5.88. The number of phenols is 1. The third-order valence-corrected chi connectivity index (χ3v) is 2.33. The molecular formula is C14H16N2O. The first-order valence-corrected chi connectivity index (χ1v) is 5.23. The lowest BCUT2D eigenvalue weighted by atomic mass is 10.1. The van der Waals surface area contributed by atoms with Crippen LogP contribution in [0, 0.1) is 12.8 Å². The third-order valence-electron chi connectivity index (χ3n) is 2.33. The van der Waals surface area contributed by atoms with Gasteiger partial charge in [0.05, 0.1) is 11.3 Å². The summed E-state index contributed by atoms with van der Waals surface area (Å²) in [6.45, 7) is 0.842. The third kappa shape index (κ3) is 2.96. The van der Waals surface area contributed by atoms with Crippen LogP contribution in [0.4, 0.5) is 5.69 Å². The number of allylic oxidation sites excluding steroid dienone is 1. The summed E-state index contributed by atoms with van der Waals surface area (Å²) in [6, 6.07) is 5.40. The van der Waals surface area contributed by atoms with Crippen molar-refractivity contribution in [3.63, 3.8) is 0 Å². The number of terminal acetylenes is 1. The molecule has 0 amide bonds. The molecule has 1 aliphatic heterocycles. The zero-order valence-corrected chi connectivity index (χ0v) is 10.1. The highest BCUT2D eigenvalue weighted by molar-refractivity contribution is 6.17. The molecular weight excluding hydrogens is 212 g/mol. The fourth-order valence-corrected chi connectivity index (χ4v) is 1.57. The van der Waals surface area contributed by atoms with Gasteiger partial charge in [0.2, 0.25) is 0 Å². The maximum absolute atomic E-state index is 9.73. The Morgan fingerprint density at radius 3 is 2.71 bits per heavy atom. The average Bonchev–Trinajstić information content (AvgIpc) is 2.74. The molecule has 1 aliphatic rings. The highest BCUT2D eigenvalue weighted by atomic mass is 16.3. The van der Waals surface area contributed by atoms with E-state index in [2.05, 4.69) is 28.8 Å². The summed E-state index contributed by atoms with van der Waals surface area (Å²) < 4.78 is 0. The van der Waals surface area contributed by atoms with Crippen molar-refractivity contribution in [1.29, 1.82) is 0 Å². The van der Waals surface area contributed by atoms with Crippen LogP contribution in [0.25, 0.3) is 5.57 Å². The molecule has 0 fully saturated rings. The van der Waals surface area contributed by atoms with E-state index < -0.39 is 0 Å². The van der Waals surface area contributed by atoms with Gasteiger partial charge in [0.1, 0.15) is 5.75 Å². The van der Waals surface area contributed by atoms with Crippen LogP contribution < -0.4 is 0 Å². The quantitative estimate of drug-likeness (QED) is 0.788. The normalized spacial score (nSPS) is 14.5. The van der Waals surface area contributed by atoms with Gasteiger partial charge in [0, 0.05) is 18.3 Å². The predicted octanol–water partition coefficient (Wildman–Crippen LogP) is 2.30. The van der Waals surface area contributed by atoms with Crippen LogP contribution >= 0.6 is 0 Å². The van der Waals surface area contributed by atoms with Crippen molar-refractivity contribution in [2.75, 3.05) is 20.6 Å². The van der Waals surface area contributed by atoms with Gasteiger partial charge >= 0.3 is 0 Å². The minimum absolute atomic E-state index is 0.301. The van der Waals surface area contributed by atoms with E-state index in [4.69, 9.17) is 0 Å². The highest BCUT2D eigenvalue weighted by Gasteiger charge is 2.15. The molecule has 17 heavy (non-hydrogen) atoms. The van der Waals surface area contributed by atoms with Crippen LogP contribution in [0.1, 0.15) is 5.56 Å². The topological polar surface area (TPSA) is 35.8 Å². The molecule has 3 heteroatoms. The van der Waals surface area contributed by atoms with Gasteiger partial charge in [-0.25, -0.2) is 0 Å². The van der Waals surface area contributed by atoms with Gasteiger partial charge in [0.25, 0.3) is 0 Å². The number of rotatable bonds is 2. The molecule has 1 aromatic carbocycles. The monoisotopic (exact) mass is 228 g/mol. The molecule has 0 bridgehead atoms. The molecule has 1 N–H and O–H groups in total. The zero-order valence-electron chi connectivity index (χ0n) is 10.1. The first-order chi connectivity index (χ1) is 8.18. The van der Waals surface area contributed by atoms with Gasteiger partial charge in [-0.15, -0.1) is 12.8 Å². The van der Waals surface area contributed by atoms with Crippen LogP contribution in [0.3, 0.4) is 0 Å². The Balaban J connectivity index is 0.000000686. The molecule has 0 saturated heterocycles. The molecule has 0 aromatic heterocycles. The molecule has 0 unspecified atom stereocenters. The average molecular weight is 228 g/mol. The minimum atomic E-state index is 0.301. The largest absolute Gasteiger partial charge is 0.507 e. The Hall–Kier alpha value is -2.05. The summed E-state index contributed by atoms with van der Waals surface area (Å²) in [5, 5.41) is 9.73. The Bertz CT molecular complexity index is 470. The van der Waals surface area contributed by atoms with Crippen molar-refractivity contribution < 1.29 is 5.11 Å². The van der Waals surface area contributed by atoms with E-state index in [1.807, 2.05) is 20.2 Å². The highest BCUT2D eigenvalue weighted by Crippen LogP contribution is 2.37. The lowest BCUT2D eigenvalue weighted by molar-refractivity contribution is 0.456. The summed E-state index contributed by atoms with van der Waals surface area (Å²) in [7, 11) is 4.02. The van der Waals surface area contributed by atoms with Gasteiger partial charge in [-0.3, -0.25) is 4.99 Å². The van der Waals surface area contributed by atoms with Crippen molar-refractivity contribution in [2.45, 2.75) is 0 Å². The Morgan fingerprint density at radius 2 is 2.06 bits per heavy atom. The van der Waals surface area contributed by atoms with Gasteiger partial charge in [0.15, 0.2) is 0 Å². The molecule has 88 valence electrons. The molecule has 0 aliphatic carbocycles. The number of hydrogen-bond acceptors (Lipinski definition) is 3. The van der Waals surface area contributed by atoms with E-state index in [1.165, 1.54) is 0 Å². The summed E-state index contributed by atoms with van der Waals surface area (Å²) in [5.41, 5.74) is 2.69. The van der Waals surface area contributed by atoms with Crippen molar-refractivity contribution in [1.82, 2.24) is 4.90 Å². The number of aliphatic imine (C=N–C) groups is 1. The zero-order chi connectivity index (χ0) is 12.8. The van der Waals surface area contributed by atoms with Crippen molar-refractivity contribution in [3.8, 4) is 18.6 Å². The second-order valence-corrected chi connectivity index (χ2v) is 3.85. The first-order valence-electron chi connectivity index (χ1n) is 5.23. The maximum atomic E-state index is 9.73. The van der Waals surface area contributed by atoms with E-state index in [0.717, 1.165) is 23.4 Å². The lowest BCUT2D eigenvalue weighted by Crippen LogP contribution is -2.11. The van der Waals surface area contributed by atoms with E-state index in [0.29, 0.717) is 5.75 Å². The fourth-order valence-electron chi connectivity index (χ4n) is 1.57. The molecule has 2 rings (SSSR count). The molecule has 0 spiro atoms. The number of phenolic OH excluding ortho intramolecular Hbond substituents is 1. The van der Waals surface area contributed by atoms with Crippen molar-refractivity contribution >= 4 is 17.5 Å². The standard InChI is InChI=1S/C12H14N2O.C2H2/c1-14(2)7-6-9-8-13-10-4-3-5-11(15)12(9)10;1-2/h3-6,8,15H,7H2,1-2H3;1-2H/b9-6+;. The van der Waals surface area contributed by atoms with E-state index in [9.17, 15) is 5.11 Å². The Morgan fingerprint density at radius 1 is 1.35 bits per heavy atom. The second-order valence-electron chi connectivity index (χ2n) is 3.85. The summed E-state index contributed by atoms with van der Waals surface area (Å²) in [4.78, 5) is 6.32. The van der Waals surface area contributed by atoms with Gasteiger partial charge in [-0.1, -0.05) is 12.1 Å². The van der Waals surface area contributed by atoms with Crippen LogP contribution in [0.15, 0.2) is 29.3 Å². The van der Waals surface area contributed by atoms with Gasteiger partial charge in [-0.2, -0.15) is 0 Å². The number of likely N-dealkylation sites (N-methyl/N-ethyl adjacent to an activating group) is 1. The Kier molecular flexibility index (Phi) is 4.50. The summed E-state index contributed by atoms with van der Waals surface area (Å²) >= 11 is 0. The van der Waals surface area contributed by atoms with Crippen LogP contribution in [0.5, 0.6) is 5.75 Å². The number of aromatic hydroxyl groups is 1. The van der Waals surface area contributed by atoms with Crippen LogP contribution in [-0.2, 0) is 0 Å². The smallest absolute Gasteiger partial charge is 0.125 e. The lowest BCUT2D eigenvalue weighted by Gasteiger charge is -2.06. The molecule has 3 nitrogen and oxygen atoms in total. The SMILES string of the molecule is C#C.CN(C)C/C=C1\C=Nc2cccc(O)c21. The number of nitrogens with zero attached hydrogens (tertiary/aromatic N) is 2. The van der Waals surface area contributed by atoms with Gasteiger partial charge < -0.3 is 10.0 Å². The summed E-state index contributed by atoms with van der Waals surface area (Å²) in [5.74, 6) is 0.301. The predicted molar refractivity (Wildman–Crippen MR) is 72.7 cm³/mol. The van der Waals surface area contributed by atoms with E-state index in [1.54, 1.807) is 18.3 Å². The van der Waals surface area contributed by atoms with Crippen LogP contribution in [0.2, 0.25) is 0 Å².